The van der Waals surface area contributed by atoms with E-state index in [1.807, 2.05) is 0 Å². The molecule has 17 heavy (non-hydrogen) atoms. The molecule has 0 aliphatic rings. The van der Waals surface area contributed by atoms with Crippen molar-refractivity contribution in [1.82, 2.24) is 5.32 Å². The number of nitrogens with one attached hydrogen (secondary N) is 1. The van der Waals surface area contributed by atoms with Crippen molar-refractivity contribution < 1.29 is 13.6 Å². The molecule has 88 valence electrons. The number of nitriles is 1. The summed E-state index contributed by atoms with van der Waals surface area (Å²) in [5.41, 5.74) is -0.298. The number of hydrogen-bond donors (Lipinski definition) is 1. The Bertz CT molecular complexity index is 504. The van der Waals surface area contributed by atoms with Crippen molar-refractivity contribution in [2.45, 2.75) is 6.92 Å². The lowest BCUT2D eigenvalue weighted by Gasteiger charge is -2.00. The maximum Gasteiger partial charge on any atom is 0.217 e. The van der Waals surface area contributed by atoms with E-state index in [0.29, 0.717) is 0 Å². The second-order valence-corrected chi connectivity index (χ2v) is 3.30. The molecule has 3 nitrogen and oxygen atoms in total. The van der Waals surface area contributed by atoms with Crippen LogP contribution in [0, 0.1) is 23.0 Å². The summed E-state index contributed by atoms with van der Waals surface area (Å²) < 4.78 is 26.5. The molecule has 5 heteroatoms. The highest BCUT2D eigenvalue weighted by Crippen LogP contribution is 2.15. The average molecular weight is 236 g/mol. The van der Waals surface area contributed by atoms with Gasteiger partial charge in [-0.3, -0.25) is 4.79 Å². The van der Waals surface area contributed by atoms with Crippen LogP contribution in [0.2, 0.25) is 0 Å². The van der Waals surface area contributed by atoms with Crippen molar-refractivity contribution in [3.63, 3.8) is 0 Å². The largest absolute Gasteiger partial charge is 0.353 e. The van der Waals surface area contributed by atoms with Gasteiger partial charge in [0.05, 0.1) is 5.56 Å². The molecule has 0 fully saturated rings. The van der Waals surface area contributed by atoms with Crippen molar-refractivity contribution in [3.8, 4) is 6.07 Å². The van der Waals surface area contributed by atoms with Crippen LogP contribution in [0.25, 0.3) is 6.08 Å². The molecule has 0 aromatic heterocycles. The molecule has 0 aliphatic heterocycles. The second kappa shape index (κ2) is 5.75. The number of halogens is 2. The highest BCUT2D eigenvalue weighted by atomic mass is 19.1. The van der Waals surface area contributed by atoms with E-state index in [0.717, 1.165) is 12.1 Å². The molecule has 0 unspecified atom stereocenters. The molecular weight excluding hydrogens is 226 g/mol. The smallest absolute Gasteiger partial charge is 0.217 e. The number of rotatable bonds is 3. The highest BCUT2D eigenvalue weighted by molar-refractivity contribution is 5.73. The Morgan fingerprint density at radius 1 is 1.47 bits per heavy atom. The third kappa shape index (κ3) is 3.68. The fourth-order valence-corrected chi connectivity index (χ4v) is 1.16. The first-order valence-electron chi connectivity index (χ1n) is 4.84. The van der Waals surface area contributed by atoms with E-state index in [1.54, 1.807) is 6.07 Å². The fraction of sp³-hybridized carbons (Fsp3) is 0.167. The van der Waals surface area contributed by atoms with E-state index in [1.165, 1.54) is 19.1 Å². The van der Waals surface area contributed by atoms with Crippen LogP contribution in [0.1, 0.15) is 18.1 Å². The number of amides is 1. The molecule has 0 bridgehead atoms. The van der Waals surface area contributed by atoms with Crippen LogP contribution in [0.15, 0.2) is 18.2 Å². The zero-order valence-corrected chi connectivity index (χ0v) is 9.13. The van der Waals surface area contributed by atoms with E-state index in [4.69, 9.17) is 5.26 Å². The van der Waals surface area contributed by atoms with Crippen molar-refractivity contribution in [1.29, 1.82) is 5.26 Å². The first kappa shape index (κ1) is 12.8. The lowest BCUT2D eigenvalue weighted by atomic mass is 10.1. The van der Waals surface area contributed by atoms with Gasteiger partial charge in [-0.15, -0.1) is 0 Å². The summed E-state index contributed by atoms with van der Waals surface area (Å²) in [7, 11) is 0. The topological polar surface area (TPSA) is 52.9 Å². The lowest BCUT2D eigenvalue weighted by molar-refractivity contribution is -0.118. The van der Waals surface area contributed by atoms with Crippen molar-refractivity contribution in [2.75, 3.05) is 6.54 Å². The summed E-state index contributed by atoms with van der Waals surface area (Å²) in [6.45, 7) is 1.59. The molecule has 0 radical (unpaired) electrons. The van der Waals surface area contributed by atoms with E-state index in [-0.39, 0.29) is 23.6 Å². The fourth-order valence-electron chi connectivity index (χ4n) is 1.16. The van der Waals surface area contributed by atoms with Gasteiger partial charge in [0.15, 0.2) is 0 Å². The molecule has 1 N–H and O–H groups in total. The van der Waals surface area contributed by atoms with Crippen molar-refractivity contribution >= 4 is 12.0 Å². The summed E-state index contributed by atoms with van der Waals surface area (Å²) >= 11 is 0. The number of benzene rings is 1. The van der Waals surface area contributed by atoms with E-state index in [2.05, 4.69) is 5.32 Å². The Balaban J connectivity index is 2.82. The minimum Gasteiger partial charge on any atom is -0.353 e. The Morgan fingerprint density at radius 2 is 2.18 bits per heavy atom. The Labute approximate surface area is 97.4 Å². The zero-order valence-electron chi connectivity index (χ0n) is 9.13. The van der Waals surface area contributed by atoms with Crippen LogP contribution in [0.3, 0.4) is 0 Å². The van der Waals surface area contributed by atoms with E-state index < -0.39 is 11.6 Å². The predicted molar refractivity (Wildman–Crippen MR) is 58.8 cm³/mol. The van der Waals surface area contributed by atoms with Crippen LogP contribution in [0.4, 0.5) is 8.78 Å². The summed E-state index contributed by atoms with van der Waals surface area (Å²) in [6.07, 6.45) is 2.83. The van der Waals surface area contributed by atoms with Crippen LogP contribution >= 0.6 is 0 Å². The first-order chi connectivity index (χ1) is 8.04. The zero-order chi connectivity index (χ0) is 12.8. The molecule has 1 rings (SSSR count). The summed E-state index contributed by atoms with van der Waals surface area (Å²) in [5, 5.41) is 11.0. The average Bonchev–Trinajstić information content (AvgIpc) is 2.28. The first-order valence-corrected chi connectivity index (χ1v) is 4.84. The van der Waals surface area contributed by atoms with E-state index >= 15 is 0 Å². The molecule has 0 saturated carbocycles. The molecular formula is C12H10F2N2O. The van der Waals surface area contributed by atoms with Gasteiger partial charge < -0.3 is 5.32 Å². The van der Waals surface area contributed by atoms with Gasteiger partial charge in [-0.05, 0) is 12.1 Å². The van der Waals surface area contributed by atoms with Gasteiger partial charge in [-0.25, -0.2) is 8.78 Å². The summed E-state index contributed by atoms with van der Waals surface area (Å²) in [5.74, 6) is -1.66. The number of carbonyl (C=O) groups excluding carboxylic acids is 1. The molecule has 0 atom stereocenters. The quantitative estimate of drug-likeness (QED) is 0.872. The molecule has 0 aliphatic carbocycles. The van der Waals surface area contributed by atoms with Gasteiger partial charge in [-0.2, -0.15) is 5.26 Å². The maximum atomic E-state index is 13.3. The Kier molecular flexibility index (Phi) is 4.35. The third-order valence-electron chi connectivity index (χ3n) is 1.97. The Hall–Kier alpha value is -2.22. The minimum absolute atomic E-state index is 0.0341. The van der Waals surface area contributed by atoms with Gasteiger partial charge in [0, 0.05) is 19.0 Å². The van der Waals surface area contributed by atoms with Crippen LogP contribution in [0.5, 0.6) is 0 Å². The monoisotopic (exact) mass is 236 g/mol. The summed E-state index contributed by atoms with van der Waals surface area (Å²) in [6, 6.07) is 3.33. The summed E-state index contributed by atoms with van der Waals surface area (Å²) in [4.78, 5) is 10.5. The van der Waals surface area contributed by atoms with Gasteiger partial charge in [-0.1, -0.05) is 12.2 Å². The molecule has 0 saturated heterocycles. The molecule has 1 aromatic carbocycles. The number of hydrogen-bond acceptors (Lipinski definition) is 2. The van der Waals surface area contributed by atoms with Gasteiger partial charge in [0.1, 0.15) is 17.7 Å². The third-order valence-corrected chi connectivity index (χ3v) is 1.97. The standard InChI is InChI=1S/C12H10F2N2O/c1-8(17)16-4-2-3-9-5-12(14)10(7-15)6-11(9)13/h2-3,5-6H,4H2,1H3,(H,16,17). The minimum atomic E-state index is -0.770. The molecule has 0 spiro atoms. The second-order valence-electron chi connectivity index (χ2n) is 3.30. The SMILES string of the molecule is CC(=O)NCC=Cc1cc(F)c(C#N)cc1F. The van der Waals surface area contributed by atoms with Crippen molar-refractivity contribution in [2.24, 2.45) is 0 Å². The van der Waals surface area contributed by atoms with Gasteiger partial charge >= 0.3 is 0 Å². The van der Waals surface area contributed by atoms with Gasteiger partial charge in [0.2, 0.25) is 5.91 Å². The van der Waals surface area contributed by atoms with Crippen LogP contribution < -0.4 is 5.32 Å². The Morgan fingerprint density at radius 3 is 2.76 bits per heavy atom. The van der Waals surface area contributed by atoms with Crippen LogP contribution in [-0.2, 0) is 4.79 Å². The number of carbonyl (C=O) groups is 1. The molecule has 1 amide bonds. The van der Waals surface area contributed by atoms with Gasteiger partial charge in [0.25, 0.3) is 0 Å². The van der Waals surface area contributed by atoms with E-state index in [9.17, 15) is 13.6 Å². The highest BCUT2D eigenvalue weighted by Gasteiger charge is 2.07. The molecule has 0 heterocycles. The predicted octanol–water partition coefficient (Wildman–Crippen LogP) is 1.99. The van der Waals surface area contributed by atoms with Crippen molar-refractivity contribution in [3.05, 3.63) is 41.0 Å². The maximum absolute atomic E-state index is 13.3. The number of nitrogens with zero attached hydrogens (tertiary/aromatic N) is 1. The lowest BCUT2D eigenvalue weighted by Crippen LogP contribution is -2.19. The van der Waals surface area contributed by atoms with Crippen LogP contribution in [-0.4, -0.2) is 12.5 Å². The molecule has 1 aromatic rings. The normalized spacial score (nSPS) is 10.2.